The molecule has 0 fully saturated rings. The van der Waals surface area contributed by atoms with Gasteiger partial charge in [0.25, 0.3) is 11.6 Å². The van der Waals surface area contributed by atoms with Crippen molar-refractivity contribution in [2.75, 3.05) is 17.7 Å². The fourth-order valence-electron chi connectivity index (χ4n) is 3.13. The van der Waals surface area contributed by atoms with E-state index in [4.69, 9.17) is 4.74 Å². The molecule has 1 atom stereocenters. The van der Waals surface area contributed by atoms with Crippen molar-refractivity contribution in [2.45, 2.75) is 32.0 Å². The van der Waals surface area contributed by atoms with E-state index in [0.29, 0.717) is 23.3 Å². The highest BCUT2D eigenvalue weighted by molar-refractivity contribution is 7.99. The van der Waals surface area contributed by atoms with Gasteiger partial charge in [-0.05, 0) is 43.2 Å². The van der Waals surface area contributed by atoms with Gasteiger partial charge < -0.3 is 15.4 Å². The molecule has 35 heavy (non-hydrogen) atoms. The number of amides is 2. The smallest absolute Gasteiger partial charge is 0.270 e. The van der Waals surface area contributed by atoms with Crippen LogP contribution in [-0.4, -0.2) is 44.3 Å². The van der Waals surface area contributed by atoms with Gasteiger partial charge in [-0.2, -0.15) is 0 Å². The van der Waals surface area contributed by atoms with Crippen molar-refractivity contribution in [1.29, 1.82) is 0 Å². The topological polar surface area (TPSA) is 152 Å². The predicted octanol–water partition coefficient (Wildman–Crippen LogP) is 3.97. The number of aromatic amines is 1. The number of hydrogen-bond acceptors (Lipinski definition) is 8. The lowest BCUT2D eigenvalue weighted by Crippen LogP contribution is -2.32. The number of ether oxygens (including phenoxy) is 1. The molecule has 0 bridgehead atoms. The number of hydrogen-bond donors (Lipinski definition) is 3. The van der Waals surface area contributed by atoms with E-state index in [1.165, 1.54) is 24.3 Å². The van der Waals surface area contributed by atoms with Crippen molar-refractivity contribution in [2.24, 2.45) is 5.92 Å². The number of non-ortho nitro benzene ring substituents is 1. The number of nitrogens with zero attached hydrogens (tertiary/aromatic N) is 3. The summed E-state index contributed by atoms with van der Waals surface area (Å²) in [4.78, 5) is 39.8. The minimum atomic E-state index is -0.553. The molecule has 2 aromatic carbocycles. The molecule has 11 nitrogen and oxygen atoms in total. The van der Waals surface area contributed by atoms with Crippen LogP contribution in [0, 0.1) is 16.0 Å². The summed E-state index contributed by atoms with van der Waals surface area (Å²) in [6.07, 6.45) is 0. The minimum absolute atomic E-state index is 0.0496. The first-order valence-corrected chi connectivity index (χ1v) is 11.9. The molecular formula is C23H26N6O5S. The van der Waals surface area contributed by atoms with E-state index >= 15 is 0 Å². The van der Waals surface area contributed by atoms with Crippen LogP contribution in [0.4, 0.5) is 11.4 Å². The third-order valence-electron chi connectivity index (χ3n) is 4.83. The first kappa shape index (κ1) is 25.7. The largest absolute Gasteiger partial charge is 0.494 e. The van der Waals surface area contributed by atoms with Crippen LogP contribution < -0.4 is 15.4 Å². The molecule has 3 rings (SSSR count). The highest BCUT2D eigenvalue weighted by Gasteiger charge is 2.24. The van der Waals surface area contributed by atoms with E-state index in [1.54, 1.807) is 24.3 Å². The Morgan fingerprint density at radius 1 is 1.20 bits per heavy atom. The number of anilines is 1. The maximum absolute atomic E-state index is 12.7. The molecule has 12 heteroatoms. The lowest BCUT2D eigenvalue weighted by molar-refractivity contribution is -0.384. The average molecular weight is 499 g/mol. The van der Waals surface area contributed by atoms with Gasteiger partial charge in [0.15, 0.2) is 0 Å². The number of nitro groups is 1. The van der Waals surface area contributed by atoms with Crippen LogP contribution in [0.5, 0.6) is 5.75 Å². The Bertz CT molecular complexity index is 1180. The van der Waals surface area contributed by atoms with Crippen molar-refractivity contribution in [1.82, 2.24) is 20.5 Å². The number of thioether (sulfide) groups is 1. The molecule has 1 aromatic heterocycles. The Labute approximate surface area is 206 Å². The van der Waals surface area contributed by atoms with Crippen LogP contribution in [0.1, 0.15) is 43.0 Å². The third-order valence-corrected chi connectivity index (χ3v) is 5.68. The molecule has 3 N–H and O–H groups in total. The molecule has 0 spiro atoms. The van der Waals surface area contributed by atoms with Crippen LogP contribution in [0.25, 0.3) is 0 Å². The molecular weight excluding hydrogens is 472 g/mol. The quantitative estimate of drug-likeness (QED) is 0.204. The SMILES string of the molecule is CCOc1ccc(NC(=O)CSc2n[nH]c([C@@H](NC(=O)c3cccc([N+](=O)[O-])c3)C(C)C)n2)cc1. The van der Waals surface area contributed by atoms with Crippen LogP contribution >= 0.6 is 11.8 Å². The number of benzene rings is 2. The lowest BCUT2D eigenvalue weighted by atomic mass is 10.0. The predicted molar refractivity (Wildman–Crippen MR) is 131 cm³/mol. The summed E-state index contributed by atoms with van der Waals surface area (Å²) in [6, 6.07) is 12.1. The van der Waals surface area contributed by atoms with Gasteiger partial charge in [0.2, 0.25) is 11.1 Å². The Morgan fingerprint density at radius 3 is 2.60 bits per heavy atom. The molecule has 0 saturated heterocycles. The number of aromatic nitrogens is 3. The van der Waals surface area contributed by atoms with Crippen molar-refractivity contribution in [3.8, 4) is 5.75 Å². The van der Waals surface area contributed by atoms with E-state index in [2.05, 4.69) is 25.8 Å². The second-order valence-corrected chi connectivity index (χ2v) is 8.74. The second-order valence-electron chi connectivity index (χ2n) is 7.80. The molecule has 0 aliphatic heterocycles. The Balaban J connectivity index is 1.58. The van der Waals surface area contributed by atoms with Crippen molar-refractivity contribution >= 4 is 35.0 Å². The van der Waals surface area contributed by atoms with Crippen LogP contribution in [0.15, 0.2) is 53.7 Å². The molecule has 2 amide bonds. The summed E-state index contributed by atoms with van der Waals surface area (Å²) in [6.45, 7) is 6.27. The number of rotatable bonds is 11. The zero-order chi connectivity index (χ0) is 25.4. The third kappa shape index (κ3) is 7.27. The maximum Gasteiger partial charge on any atom is 0.270 e. The zero-order valence-corrected chi connectivity index (χ0v) is 20.3. The van der Waals surface area contributed by atoms with E-state index in [1.807, 2.05) is 20.8 Å². The molecule has 3 aromatic rings. The first-order chi connectivity index (χ1) is 16.8. The monoisotopic (exact) mass is 498 g/mol. The number of carbonyl (C=O) groups is 2. The van der Waals surface area contributed by atoms with E-state index in [9.17, 15) is 19.7 Å². The van der Waals surface area contributed by atoms with Gasteiger partial charge >= 0.3 is 0 Å². The van der Waals surface area contributed by atoms with Gasteiger partial charge in [-0.3, -0.25) is 24.8 Å². The summed E-state index contributed by atoms with van der Waals surface area (Å²) in [5.74, 6) is 0.513. The zero-order valence-electron chi connectivity index (χ0n) is 19.5. The van der Waals surface area contributed by atoms with E-state index < -0.39 is 16.9 Å². The van der Waals surface area contributed by atoms with Gasteiger partial charge in [-0.25, -0.2) is 4.98 Å². The number of H-pyrrole nitrogens is 1. The Hall–Kier alpha value is -3.93. The van der Waals surface area contributed by atoms with E-state index in [0.717, 1.165) is 17.5 Å². The minimum Gasteiger partial charge on any atom is -0.494 e. The average Bonchev–Trinajstić information content (AvgIpc) is 3.31. The van der Waals surface area contributed by atoms with E-state index in [-0.39, 0.29) is 28.8 Å². The van der Waals surface area contributed by atoms with Gasteiger partial charge in [-0.15, -0.1) is 5.10 Å². The molecule has 0 aliphatic carbocycles. The summed E-state index contributed by atoms with van der Waals surface area (Å²) in [5.41, 5.74) is 0.656. The lowest BCUT2D eigenvalue weighted by Gasteiger charge is -2.19. The summed E-state index contributed by atoms with van der Waals surface area (Å²) in [7, 11) is 0. The fourth-order valence-corrected chi connectivity index (χ4v) is 3.73. The van der Waals surface area contributed by atoms with Gasteiger partial charge in [0.1, 0.15) is 11.6 Å². The number of carbonyl (C=O) groups excluding carboxylic acids is 2. The molecule has 0 saturated carbocycles. The number of nitrogens with one attached hydrogen (secondary N) is 3. The van der Waals surface area contributed by atoms with Gasteiger partial charge in [0, 0.05) is 23.4 Å². The van der Waals surface area contributed by atoms with Crippen LogP contribution in [-0.2, 0) is 4.79 Å². The maximum atomic E-state index is 12.7. The summed E-state index contributed by atoms with van der Waals surface area (Å²) >= 11 is 1.15. The van der Waals surface area contributed by atoms with Crippen LogP contribution in [0.2, 0.25) is 0 Å². The summed E-state index contributed by atoms with van der Waals surface area (Å²) in [5, 5.41) is 24.0. The van der Waals surface area contributed by atoms with Crippen molar-refractivity contribution < 1.29 is 19.2 Å². The van der Waals surface area contributed by atoms with Gasteiger partial charge in [0.05, 0.1) is 23.3 Å². The Kier molecular flexibility index (Phi) is 8.79. The molecule has 0 unspecified atom stereocenters. The highest BCUT2D eigenvalue weighted by Crippen LogP contribution is 2.23. The Morgan fingerprint density at radius 2 is 1.94 bits per heavy atom. The highest BCUT2D eigenvalue weighted by atomic mass is 32.2. The molecule has 0 aliphatic rings. The standard InChI is InChI=1S/C23H26N6O5S/c1-4-34-18-10-8-16(9-11-18)24-19(30)13-35-23-26-21(27-28-23)20(14(2)3)25-22(31)15-6-5-7-17(12-15)29(32)33/h5-12,14,20H,4,13H2,1-3H3,(H,24,30)(H,25,31)(H,26,27,28)/t20-/m0/s1. The summed E-state index contributed by atoms with van der Waals surface area (Å²) < 4.78 is 5.38. The van der Waals surface area contributed by atoms with Crippen molar-refractivity contribution in [3.63, 3.8) is 0 Å². The first-order valence-electron chi connectivity index (χ1n) is 10.9. The normalized spacial score (nSPS) is 11.7. The number of nitro benzene ring substituents is 1. The molecule has 1 heterocycles. The van der Waals surface area contributed by atoms with Crippen LogP contribution in [0.3, 0.4) is 0 Å². The van der Waals surface area contributed by atoms with Crippen molar-refractivity contribution in [3.05, 3.63) is 70.0 Å². The molecule has 184 valence electrons. The second kappa shape index (κ2) is 12.0. The molecule has 0 radical (unpaired) electrons. The fraction of sp³-hybridized carbons (Fsp3) is 0.304. The van der Waals surface area contributed by atoms with Gasteiger partial charge in [-0.1, -0.05) is 31.7 Å².